The summed E-state index contributed by atoms with van der Waals surface area (Å²) in [6, 6.07) is 10.5. The molecule has 0 aliphatic rings. The number of nitrogens with one attached hydrogen (secondary N) is 1. The fourth-order valence-electron chi connectivity index (χ4n) is 1.86. The molecule has 3 nitrogen and oxygen atoms in total. The molecule has 0 fully saturated rings. The Morgan fingerprint density at radius 2 is 2.00 bits per heavy atom. The lowest BCUT2D eigenvalue weighted by molar-refractivity contribution is 0.140. The number of benzene rings is 1. The van der Waals surface area contributed by atoms with E-state index in [-0.39, 0.29) is 6.10 Å². The summed E-state index contributed by atoms with van der Waals surface area (Å²) in [6.07, 6.45) is 0.575. The summed E-state index contributed by atoms with van der Waals surface area (Å²) in [5.41, 5.74) is 1.33. The Balaban J connectivity index is 2.34. The van der Waals surface area contributed by atoms with Crippen LogP contribution in [-0.4, -0.2) is 42.8 Å². The van der Waals surface area contributed by atoms with E-state index in [0.29, 0.717) is 6.54 Å². The predicted molar refractivity (Wildman–Crippen MR) is 71.9 cm³/mol. The number of rotatable bonds is 8. The smallest absolute Gasteiger partial charge is 0.0676 e. The first-order valence-corrected chi connectivity index (χ1v) is 6.35. The molecule has 17 heavy (non-hydrogen) atoms. The predicted octanol–water partition coefficient (Wildman–Crippen LogP) is 1.48. The minimum absolute atomic E-state index is 0.246. The highest BCUT2D eigenvalue weighted by atomic mass is 16.3. The molecule has 0 bridgehead atoms. The van der Waals surface area contributed by atoms with Crippen molar-refractivity contribution in [3.63, 3.8) is 0 Å². The summed E-state index contributed by atoms with van der Waals surface area (Å²) >= 11 is 0. The van der Waals surface area contributed by atoms with Crippen molar-refractivity contribution in [2.45, 2.75) is 26.0 Å². The number of nitrogens with zero attached hydrogens (tertiary/aromatic N) is 1. The van der Waals surface area contributed by atoms with Crippen molar-refractivity contribution >= 4 is 0 Å². The van der Waals surface area contributed by atoms with Crippen LogP contribution in [0, 0.1) is 0 Å². The van der Waals surface area contributed by atoms with E-state index in [1.54, 1.807) is 0 Å². The fraction of sp³-hybridized carbons (Fsp3) is 0.571. The van der Waals surface area contributed by atoms with Gasteiger partial charge >= 0.3 is 0 Å². The van der Waals surface area contributed by atoms with Gasteiger partial charge in [0, 0.05) is 19.6 Å². The van der Waals surface area contributed by atoms with E-state index in [1.165, 1.54) is 5.56 Å². The van der Waals surface area contributed by atoms with Crippen molar-refractivity contribution in [1.29, 1.82) is 0 Å². The number of aliphatic hydroxyl groups excluding tert-OH is 1. The Labute approximate surface area is 104 Å². The van der Waals surface area contributed by atoms with Gasteiger partial charge in [-0.3, -0.25) is 4.90 Å². The zero-order valence-corrected chi connectivity index (χ0v) is 10.9. The summed E-state index contributed by atoms with van der Waals surface area (Å²) in [7, 11) is 1.87. The van der Waals surface area contributed by atoms with Gasteiger partial charge in [-0.1, -0.05) is 37.3 Å². The molecule has 0 aliphatic heterocycles. The molecular weight excluding hydrogens is 212 g/mol. The second-order valence-corrected chi connectivity index (χ2v) is 4.35. The Morgan fingerprint density at radius 3 is 2.59 bits per heavy atom. The lowest BCUT2D eigenvalue weighted by atomic mass is 10.2. The van der Waals surface area contributed by atoms with Crippen LogP contribution in [-0.2, 0) is 6.54 Å². The van der Waals surface area contributed by atoms with E-state index in [0.717, 1.165) is 26.1 Å². The van der Waals surface area contributed by atoms with Crippen LogP contribution in [0.25, 0.3) is 0 Å². The quantitative estimate of drug-likeness (QED) is 0.717. The van der Waals surface area contributed by atoms with Gasteiger partial charge in [0.1, 0.15) is 0 Å². The Hall–Kier alpha value is -0.900. The van der Waals surface area contributed by atoms with Crippen molar-refractivity contribution in [2.75, 3.05) is 26.7 Å². The van der Waals surface area contributed by atoms with Gasteiger partial charge in [-0.15, -0.1) is 0 Å². The molecule has 1 rings (SSSR count). The molecule has 96 valence electrons. The molecule has 0 saturated carbocycles. The maximum Gasteiger partial charge on any atom is 0.0676 e. The van der Waals surface area contributed by atoms with Gasteiger partial charge in [0.05, 0.1) is 6.10 Å². The van der Waals surface area contributed by atoms with E-state index in [9.17, 15) is 5.11 Å². The van der Waals surface area contributed by atoms with Gasteiger partial charge in [-0.25, -0.2) is 0 Å². The van der Waals surface area contributed by atoms with Crippen molar-refractivity contribution in [2.24, 2.45) is 0 Å². The Kier molecular flexibility index (Phi) is 6.86. The highest BCUT2D eigenvalue weighted by molar-refractivity contribution is 5.14. The molecule has 3 heteroatoms. The molecule has 0 aromatic heterocycles. The first-order chi connectivity index (χ1) is 8.26. The maximum absolute atomic E-state index is 9.67. The number of hydrogen-bond acceptors (Lipinski definition) is 3. The molecule has 0 radical (unpaired) electrons. The standard InChI is InChI=1S/C14H24N2O/c1-3-16(10-9-14(17)11-15-2)12-13-7-5-4-6-8-13/h4-8,14-15,17H,3,9-12H2,1-2H3. The van der Waals surface area contributed by atoms with Crippen LogP contribution in [0.15, 0.2) is 30.3 Å². The van der Waals surface area contributed by atoms with Crippen molar-refractivity contribution < 1.29 is 5.11 Å². The molecular formula is C14H24N2O. The minimum Gasteiger partial charge on any atom is -0.392 e. The van der Waals surface area contributed by atoms with Crippen LogP contribution in [0.2, 0.25) is 0 Å². The lowest BCUT2D eigenvalue weighted by Crippen LogP contribution is -2.30. The van der Waals surface area contributed by atoms with Crippen molar-refractivity contribution in [1.82, 2.24) is 10.2 Å². The van der Waals surface area contributed by atoms with E-state index >= 15 is 0 Å². The van der Waals surface area contributed by atoms with Gasteiger partial charge in [-0.05, 0) is 25.6 Å². The molecule has 0 saturated heterocycles. The third-order valence-corrected chi connectivity index (χ3v) is 2.91. The summed E-state index contributed by atoms with van der Waals surface area (Å²) in [5.74, 6) is 0. The summed E-state index contributed by atoms with van der Waals surface area (Å²) in [4.78, 5) is 2.36. The average Bonchev–Trinajstić information content (AvgIpc) is 2.36. The van der Waals surface area contributed by atoms with Gasteiger partial charge in [0.15, 0.2) is 0 Å². The van der Waals surface area contributed by atoms with Gasteiger partial charge in [0.2, 0.25) is 0 Å². The molecule has 1 aromatic carbocycles. The molecule has 0 heterocycles. The summed E-state index contributed by atoms with van der Waals surface area (Å²) < 4.78 is 0. The van der Waals surface area contributed by atoms with Crippen molar-refractivity contribution in [3.05, 3.63) is 35.9 Å². The van der Waals surface area contributed by atoms with Crippen LogP contribution in [0.1, 0.15) is 18.9 Å². The highest BCUT2D eigenvalue weighted by Gasteiger charge is 2.07. The average molecular weight is 236 g/mol. The number of likely N-dealkylation sites (N-methyl/N-ethyl adjacent to an activating group) is 1. The molecule has 1 aromatic rings. The Morgan fingerprint density at radius 1 is 1.29 bits per heavy atom. The zero-order valence-electron chi connectivity index (χ0n) is 10.9. The van der Waals surface area contributed by atoms with Gasteiger partial charge in [-0.2, -0.15) is 0 Å². The molecule has 1 atom stereocenters. The highest BCUT2D eigenvalue weighted by Crippen LogP contribution is 2.05. The number of aliphatic hydroxyl groups is 1. The fourth-order valence-corrected chi connectivity index (χ4v) is 1.86. The molecule has 1 unspecified atom stereocenters. The normalized spacial score (nSPS) is 12.9. The summed E-state index contributed by atoms with van der Waals surface area (Å²) in [5, 5.41) is 12.7. The third kappa shape index (κ3) is 5.82. The monoisotopic (exact) mass is 236 g/mol. The zero-order chi connectivity index (χ0) is 12.5. The van der Waals surface area contributed by atoms with Crippen molar-refractivity contribution in [3.8, 4) is 0 Å². The van der Waals surface area contributed by atoms with E-state index in [1.807, 2.05) is 13.1 Å². The number of hydrogen-bond donors (Lipinski definition) is 2. The molecule has 2 N–H and O–H groups in total. The lowest BCUT2D eigenvalue weighted by Gasteiger charge is -2.22. The van der Waals surface area contributed by atoms with Gasteiger partial charge in [0.25, 0.3) is 0 Å². The van der Waals surface area contributed by atoms with E-state index in [2.05, 4.69) is 41.4 Å². The molecule has 0 spiro atoms. The largest absolute Gasteiger partial charge is 0.392 e. The minimum atomic E-state index is -0.246. The second kappa shape index (κ2) is 8.23. The third-order valence-electron chi connectivity index (χ3n) is 2.91. The van der Waals surface area contributed by atoms with E-state index < -0.39 is 0 Å². The molecule has 0 aliphatic carbocycles. The SMILES string of the molecule is CCN(CCC(O)CNC)Cc1ccccc1. The summed E-state index contributed by atoms with van der Waals surface area (Å²) in [6.45, 7) is 5.75. The maximum atomic E-state index is 9.67. The van der Waals surface area contributed by atoms with Crippen LogP contribution in [0.4, 0.5) is 0 Å². The van der Waals surface area contributed by atoms with Crippen LogP contribution >= 0.6 is 0 Å². The Bertz CT molecular complexity index is 290. The molecule has 0 amide bonds. The van der Waals surface area contributed by atoms with Crippen LogP contribution < -0.4 is 5.32 Å². The first kappa shape index (κ1) is 14.2. The first-order valence-electron chi connectivity index (χ1n) is 6.35. The van der Waals surface area contributed by atoms with Crippen LogP contribution in [0.5, 0.6) is 0 Å². The van der Waals surface area contributed by atoms with E-state index in [4.69, 9.17) is 0 Å². The van der Waals surface area contributed by atoms with Crippen LogP contribution in [0.3, 0.4) is 0 Å². The second-order valence-electron chi connectivity index (χ2n) is 4.35. The topological polar surface area (TPSA) is 35.5 Å². The van der Waals surface area contributed by atoms with Gasteiger partial charge < -0.3 is 10.4 Å².